The van der Waals surface area contributed by atoms with E-state index >= 15 is 0 Å². The molecule has 1 saturated heterocycles. The molecule has 2 aromatic rings. The van der Waals surface area contributed by atoms with Crippen molar-refractivity contribution in [3.63, 3.8) is 0 Å². The Balaban J connectivity index is 1.55. The molecule has 1 aromatic carbocycles. The Morgan fingerprint density at radius 1 is 1.33 bits per heavy atom. The number of benzene rings is 1. The van der Waals surface area contributed by atoms with E-state index in [1.165, 1.54) is 4.90 Å². The summed E-state index contributed by atoms with van der Waals surface area (Å²) in [5.74, 6) is 1.06. The molecule has 0 aliphatic carbocycles. The second kappa shape index (κ2) is 6.96. The molecule has 27 heavy (non-hydrogen) atoms. The van der Waals surface area contributed by atoms with Crippen molar-refractivity contribution >= 4 is 23.3 Å². The molecule has 1 fully saturated rings. The van der Waals surface area contributed by atoms with Gasteiger partial charge in [-0.05, 0) is 24.8 Å². The molecule has 0 bridgehead atoms. The van der Waals surface area contributed by atoms with Gasteiger partial charge in [0.1, 0.15) is 5.75 Å². The van der Waals surface area contributed by atoms with Crippen molar-refractivity contribution < 1.29 is 14.3 Å². The van der Waals surface area contributed by atoms with Gasteiger partial charge in [0.25, 0.3) is 5.91 Å². The van der Waals surface area contributed by atoms with E-state index in [9.17, 15) is 9.59 Å². The number of ether oxygens (including phenoxy) is 1. The first-order chi connectivity index (χ1) is 13.0. The van der Waals surface area contributed by atoms with E-state index in [1.54, 1.807) is 11.3 Å². The number of hydrogen-bond acceptors (Lipinski definition) is 5. The second-order valence-electron chi connectivity index (χ2n) is 7.49. The molecule has 3 heterocycles. The summed E-state index contributed by atoms with van der Waals surface area (Å²) >= 11 is 1.59. The van der Waals surface area contributed by atoms with Gasteiger partial charge in [-0.25, -0.2) is 9.78 Å². The molecule has 1 aromatic heterocycles. The number of aromatic nitrogens is 1. The number of imide groups is 1. The predicted molar refractivity (Wildman–Crippen MR) is 103 cm³/mol. The van der Waals surface area contributed by atoms with Crippen molar-refractivity contribution in [1.29, 1.82) is 0 Å². The van der Waals surface area contributed by atoms with Gasteiger partial charge in [0.05, 0.1) is 23.9 Å². The molecule has 1 unspecified atom stereocenters. The third-order valence-electron chi connectivity index (χ3n) is 5.11. The number of carbonyl (C=O) groups is 2. The largest absolute Gasteiger partial charge is 0.493 e. The normalized spacial score (nSPS) is 21.5. The van der Waals surface area contributed by atoms with Crippen LogP contribution in [0.4, 0.5) is 4.79 Å². The molecule has 0 saturated carbocycles. The second-order valence-corrected chi connectivity index (χ2v) is 8.43. The lowest BCUT2D eigenvalue weighted by Crippen LogP contribution is -2.47. The van der Waals surface area contributed by atoms with Crippen LogP contribution in [-0.4, -0.2) is 28.4 Å². The number of aryl methyl sites for hydroxylation is 1. The molecule has 2 aliphatic rings. The first kappa shape index (κ1) is 18.0. The van der Waals surface area contributed by atoms with Crippen LogP contribution in [0, 0.1) is 5.92 Å². The van der Waals surface area contributed by atoms with Gasteiger partial charge >= 0.3 is 6.03 Å². The molecule has 1 spiro atoms. The van der Waals surface area contributed by atoms with Gasteiger partial charge in [0, 0.05) is 17.4 Å². The Morgan fingerprint density at radius 3 is 2.96 bits per heavy atom. The molecular formula is C20H23N3O3S. The van der Waals surface area contributed by atoms with Crippen molar-refractivity contribution in [2.75, 3.05) is 6.61 Å². The van der Waals surface area contributed by atoms with Crippen LogP contribution in [0.5, 0.6) is 5.75 Å². The monoisotopic (exact) mass is 385 g/mol. The number of fused-ring (bicyclic) bond motifs is 2. The molecule has 1 N–H and O–H groups in total. The summed E-state index contributed by atoms with van der Waals surface area (Å²) in [7, 11) is 0. The lowest BCUT2D eigenvalue weighted by atomic mass is 9.84. The van der Waals surface area contributed by atoms with Gasteiger partial charge in [0.2, 0.25) is 0 Å². The SMILES string of the molecule is CC(C)CCc1nc(CN2C(=O)NC3(CCOc4ccccc43)C2=O)cs1. The standard InChI is InChI=1S/C20H23N3O3S/c1-13(2)7-8-17-21-14(12-27-17)11-23-18(24)20(22-19(23)25)9-10-26-16-6-4-3-5-15(16)20/h3-6,12-13H,7-11H2,1-2H3,(H,22,25). The van der Waals surface area contributed by atoms with Gasteiger partial charge in [-0.1, -0.05) is 32.0 Å². The summed E-state index contributed by atoms with van der Waals surface area (Å²) in [5, 5.41) is 5.92. The van der Waals surface area contributed by atoms with E-state index in [0.29, 0.717) is 24.7 Å². The Morgan fingerprint density at radius 2 is 2.15 bits per heavy atom. The van der Waals surface area contributed by atoms with Crippen molar-refractivity contribution in [2.24, 2.45) is 5.92 Å². The maximum Gasteiger partial charge on any atom is 0.325 e. The number of hydrogen-bond donors (Lipinski definition) is 1. The van der Waals surface area contributed by atoms with E-state index < -0.39 is 5.54 Å². The topological polar surface area (TPSA) is 71.5 Å². The van der Waals surface area contributed by atoms with Crippen molar-refractivity contribution in [2.45, 2.75) is 45.2 Å². The Hall–Kier alpha value is -2.41. The van der Waals surface area contributed by atoms with Crippen LogP contribution in [0.15, 0.2) is 29.6 Å². The van der Waals surface area contributed by atoms with Crippen molar-refractivity contribution in [1.82, 2.24) is 15.2 Å². The van der Waals surface area contributed by atoms with Gasteiger partial charge in [0.15, 0.2) is 5.54 Å². The molecule has 7 heteroatoms. The van der Waals surface area contributed by atoms with Crippen LogP contribution in [0.3, 0.4) is 0 Å². The summed E-state index contributed by atoms with van der Waals surface area (Å²) in [6.07, 6.45) is 2.44. The molecule has 6 nitrogen and oxygen atoms in total. The Labute approximate surface area is 162 Å². The fourth-order valence-corrected chi connectivity index (χ4v) is 4.43. The quantitative estimate of drug-likeness (QED) is 0.800. The Bertz CT molecular complexity index is 879. The number of para-hydroxylation sites is 1. The molecule has 1 atom stereocenters. The number of rotatable bonds is 5. The highest BCUT2D eigenvalue weighted by molar-refractivity contribution is 7.09. The number of carbonyl (C=O) groups excluding carboxylic acids is 2. The fourth-order valence-electron chi connectivity index (χ4n) is 3.63. The third-order valence-corrected chi connectivity index (χ3v) is 6.07. The number of nitrogens with one attached hydrogen (secondary N) is 1. The molecule has 0 radical (unpaired) electrons. The lowest BCUT2D eigenvalue weighted by molar-refractivity contribution is -0.133. The van der Waals surface area contributed by atoms with Crippen molar-refractivity contribution in [3.05, 3.63) is 45.9 Å². The molecular weight excluding hydrogens is 362 g/mol. The summed E-state index contributed by atoms with van der Waals surface area (Å²) in [4.78, 5) is 31.8. The van der Waals surface area contributed by atoms with Crippen LogP contribution >= 0.6 is 11.3 Å². The van der Waals surface area contributed by atoms with Crippen LogP contribution in [0.2, 0.25) is 0 Å². The first-order valence-corrected chi connectivity index (χ1v) is 10.2. The zero-order valence-corrected chi connectivity index (χ0v) is 16.3. The highest BCUT2D eigenvalue weighted by Crippen LogP contribution is 2.41. The van der Waals surface area contributed by atoms with Gasteiger partial charge in [-0.15, -0.1) is 11.3 Å². The summed E-state index contributed by atoms with van der Waals surface area (Å²) in [6.45, 7) is 4.97. The predicted octanol–water partition coefficient (Wildman–Crippen LogP) is 3.46. The maximum absolute atomic E-state index is 13.2. The lowest BCUT2D eigenvalue weighted by Gasteiger charge is -2.33. The summed E-state index contributed by atoms with van der Waals surface area (Å²) < 4.78 is 5.66. The summed E-state index contributed by atoms with van der Waals surface area (Å²) in [6, 6.07) is 7.04. The van der Waals surface area contributed by atoms with E-state index in [1.807, 2.05) is 29.6 Å². The first-order valence-electron chi connectivity index (χ1n) is 9.29. The highest BCUT2D eigenvalue weighted by atomic mass is 32.1. The third kappa shape index (κ3) is 3.20. The van der Waals surface area contributed by atoms with Gasteiger partial charge in [-0.3, -0.25) is 9.69 Å². The number of thiazole rings is 1. The highest BCUT2D eigenvalue weighted by Gasteiger charge is 2.54. The van der Waals surface area contributed by atoms with Crippen molar-refractivity contribution in [3.8, 4) is 5.75 Å². The smallest absolute Gasteiger partial charge is 0.325 e. The maximum atomic E-state index is 13.2. The number of urea groups is 1. The van der Waals surface area contributed by atoms with Crippen LogP contribution in [0.25, 0.3) is 0 Å². The van der Waals surface area contributed by atoms with E-state index in [-0.39, 0.29) is 18.5 Å². The average molecular weight is 385 g/mol. The molecule has 142 valence electrons. The molecule has 4 rings (SSSR count). The van der Waals surface area contributed by atoms with E-state index in [0.717, 1.165) is 29.1 Å². The molecule has 2 aliphatic heterocycles. The minimum atomic E-state index is -1.03. The van der Waals surface area contributed by atoms with E-state index in [4.69, 9.17) is 4.74 Å². The summed E-state index contributed by atoms with van der Waals surface area (Å²) in [5.41, 5.74) is 0.468. The van der Waals surface area contributed by atoms with Crippen LogP contribution in [-0.2, 0) is 23.3 Å². The van der Waals surface area contributed by atoms with Crippen LogP contribution < -0.4 is 10.1 Å². The Kier molecular flexibility index (Phi) is 4.63. The number of amides is 3. The average Bonchev–Trinajstić information content (AvgIpc) is 3.19. The zero-order valence-electron chi connectivity index (χ0n) is 15.5. The van der Waals surface area contributed by atoms with E-state index in [2.05, 4.69) is 24.1 Å². The minimum Gasteiger partial charge on any atom is -0.493 e. The number of nitrogens with zero attached hydrogens (tertiary/aromatic N) is 2. The zero-order chi connectivity index (χ0) is 19.0. The minimum absolute atomic E-state index is 0.202. The fraction of sp³-hybridized carbons (Fsp3) is 0.450. The van der Waals surface area contributed by atoms with Gasteiger partial charge in [-0.2, -0.15) is 0 Å². The van der Waals surface area contributed by atoms with Gasteiger partial charge < -0.3 is 10.1 Å². The van der Waals surface area contributed by atoms with Crippen LogP contribution in [0.1, 0.15) is 43.0 Å². The molecule has 3 amide bonds.